The Morgan fingerprint density at radius 3 is 2.12 bits per heavy atom. The summed E-state index contributed by atoms with van der Waals surface area (Å²) in [4.78, 5) is 18.8. The lowest BCUT2D eigenvalue weighted by Crippen LogP contribution is -2.41. The number of carbonyl (C=O) groups is 1. The fourth-order valence-electron chi connectivity index (χ4n) is 3.85. The zero-order valence-electron chi connectivity index (χ0n) is 18.5. The third-order valence-electron chi connectivity index (χ3n) is 5.84. The zero-order chi connectivity index (χ0) is 22.9. The van der Waals surface area contributed by atoms with Crippen LogP contribution in [-0.4, -0.2) is 36.7 Å². The van der Waals surface area contributed by atoms with E-state index in [1.165, 1.54) is 21.2 Å². The number of hydrogen-bond acceptors (Lipinski definition) is 5. The maximum absolute atomic E-state index is 12.9. The van der Waals surface area contributed by atoms with E-state index in [1.54, 1.807) is 24.3 Å². The fraction of sp³-hybridized carbons (Fsp3) is 0.333. The molecule has 4 rings (SSSR count). The standard InChI is InChI=1S/C24H27N3O3S2/c1-16-4-8-19(9-5-16)22-18(3)31-24(25-22)26-23(28)20-12-14-27(15-13-20)32(29,30)21-10-6-17(2)7-11-21/h4-11,20H,12-15H2,1-3H3,(H,25,26,28). The molecular weight excluding hydrogens is 442 g/mol. The van der Waals surface area contributed by atoms with Crippen LogP contribution in [0.15, 0.2) is 53.4 Å². The average molecular weight is 470 g/mol. The number of sulfonamides is 1. The normalized spacial score (nSPS) is 15.6. The van der Waals surface area contributed by atoms with E-state index >= 15 is 0 Å². The fourth-order valence-corrected chi connectivity index (χ4v) is 6.16. The first-order valence-corrected chi connectivity index (χ1v) is 12.9. The van der Waals surface area contributed by atoms with Crippen molar-refractivity contribution in [1.29, 1.82) is 0 Å². The molecule has 1 saturated heterocycles. The van der Waals surface area contributed by atoms with Gasteiger partial charge in [-0.15, -0.1) is 11.3 Å². The second-order valence-corrected chi connectivity index (χ2v) is 11.4. The number of anilines is 1. The van der Waals surface area contributed by atoms with Gasteiger partial charge in [-0.05, 0) is 45.7 Å². The topological polar surface area (TPSA) is 79.4 Å². The van der Waals surface area contributed by atoms with Crippen LogP contribution in [0.2, 0.25) is 0 Å². The minimum absolute atomic E-state index is 0.0958. The number of nitrogens with one attached hydrogen (secondary N) is 1. The maximum atomic E-state index is 12.9. The predicted octanol–water partition coefficient (Wildman–Crippen LogP) is 4.77. The van der Waals surface area contributed by atoms with Gasteiger partial charge in [-0.25, -0.2) is 13.4 Å². The second kappa shape index (κ2) is 9.13. The van der Waals surface area contributed by atoms with Crippen LogP contribution in [0.3, 0.4) is 0 Å². The van der Waals surface area contributed by atoms with Gasteiger partial charge in [0.1, 0.15) is 0 Å². The molecule has 1 aliphatic heterocycles. The van der Waals surface area contributed by atoms with Gasteiger partial charge in [0.2, 0.25) is 15.9 Å². The minimum atomic E-state index is -3.53. The molecule has 0 unspecified atom stereocenters. The van der Waals surface area contributed by atoms with Gasteiger partial charge in [0.15, 0.2) is 5.13 Å². The van der Waals surface area contributed by atoms with Crippen LogP contribution >= 0.6 is 11.3 Å². The molecule has 0 atom stereocenters. The Morgan fingerprint density at radius 1 is 0.969 bits per heavy atom. The van der Waals surface area contributed by atoms with E-state index < -0.39 is 10.0 Å². The number of aryl methyl sites for hydroxylation is 3. The number of benzene rings is 2. The summed E-state index contributed by atoms with van der Waals surface area (Å²) < 4.78 is 27.2. The highest BCUT2D eigenvalue weighted by molar-refractivity contribution is 7.89. The predicted molar refractivity (Wildman–Crippen MR) is 128 cm³/mol. The highest BCUT2D eigenvalue weighted by atomic mass is 32.2. The Morgan fingerprint density at radius 2 is 1.53 bits per heavy atom. The molecule has 1 fully saturated rings. The van der Waals surface area contributed by atoms with Crippen molar-refractivity contribution in [2.24, 2.45) is 5.92 Å². The lowest BCUT2D eigenvalue weighted by molar-refractivity contribution is -0.120. The highest BCUT2D eigenvalue weighted by Crippen LogP contribution is 2.31. The molecule has 0 spiro atoms. The van der Waals surface area contributed by atoms with E-state index in [9.17, 15) is 13.2 Å². The smallest absolute Gasteiger partial charge is 0.243 e. The molecular formula is C24H27N3O3S2. The maximum Gasteiger partial charge on any atom is 0.243 e. The van der Waals surface area contributed by atoms with Crippen LogP contribution in [0, 0.1) is 26.7 Å². The van der Waals surface area contributed by atoms with Gasteiger partial charge in [-0.2, -0.15) is 4.31 Å². The van der Waals surface area contributed by atoms with E-state index in [0.717, 1.165) is 21.7 Å². The van der Waals surface area contributed by atoms with Crippen LogP contribution in [-0.2, 0) is 14.8 Å². The Labute approximate surface area is 193 Å². The summed E-state index contributed by atoms with van der Waals surface area (Å²) in [6, 6.07) is 15.0. The van der Waals surface area contributed by atoms with Crippen molar-refractivity contribution in [3.8, 4) is 11.3 Å². The van der Waals surface area contributed by atoms with Crippen molar-refractivity contribution in [1.82, 2.24) is 9.29 Å². The molecule has 1 aromatic heterocycles. The molecule has 2 heterocycles. The van der Waals surface area contributed by atoms with E-state index in [-0.39, 0.29) is 11.8 Å². The molecule has 0 bridgehead atoms. The molecule has 6 nitrogen and oxygen atoms in total. The SMILES string of the molecule is Cc1ccc(-c2nc(NC(=O)C3CCN(S(=O)(=O)c4ccc(C)cc4)CC3)sc2C)cc1. The Bertz CT molecular complexity index is 1210. The van der Waals surface area contributed by atoms with Gasteiger partial charge in [0.05, 0.1) is 10.6 Å². The van der Waals surface area contributed by atoms with Gasteiger partial charge in [0, 0.05) is 29.4 Å². The number of nitrogens with zero attached hydrogens (tertiary/aromatic N) is 2. The van der Waals surface area contributed by atoms with Crippen LogP contribution in [0.5, 0.6) is 0 Å². The molecule has 8 heteroatoms. The Hall–Kier alpha value is -2.55. The van der Waals surface area contributed by atoms with Gasteiger partial charge < -0.3 is 5.32 Å². The quantitative estimate of drug-likeness (QED) is 0.583. The first kappa shape index (κ1) is 22.6. The van der Waals surface area contributed by atoms with Crippen molar-refractivity contribution in [2.75, 3.05) is 18.4 Å². The van der Waals surface area contributed by atoms with Gasteiger partial charge >= 0.3 is 0 Å². The summed E-state index contributed by atoms with van der Waals surface area (Å²) in [6.45, 7) is 6.63. The molecule has 0 aliphatic carbocycles. The largest absolute Gasteiger partial charge is 0.302 e. The lowest BCUT2D eigenvalue weighted by atomic mass is 9.97. The molecule has 168 valence electrons. The lowest BCUT2D eigenvalue weighted by Gasteiger charge is -2.30. The summed E-state index contributed by atoms with van der Waals surface area (Å²) in [5.41, 5.74) is 4.11. The summed E-state index contributed by atoms with van der Waals surface area (Å²) in [5.74, 6) is -0.326. The second-order valence-electron chi connectivity index (χ2n) is 8.27. The number of aromatic nitrogens is 1. The number of carbonyl (C=O) groups excluding carboxylic acids is 1. The average Bonchev–Trinajstić information content (AvgIpc) is 3.14. The van der Waals surface area contributed by atoms with E-state index in [2.05, 4.69) is 10.3 Å². The van der Waals surface area contributed by atoms with Crippen LogP contribution < -0.4 is 5.32 Å². The number of piperidine rings is 1. The van der Waals surface area contributed by atoms with E-state index in [4.69, 9.17) is 0 Å². The monoisotopic (exact) mass is 469 g/mol. The molecule has 3 aromatic rings. The van der Waals surface area contributed by atoms with Crippen molar-refractivity contribution >= 4 is 32.4 Å². The van der Waals surface area contributed by atoms with Crippen LogP contribution in [0.25, 0.3) is 11.3 Å². The van der Waals surface area contributed by atoms with Crippen molar-refractivity contribution in [3.05, 3.63) is 64.5 Å². The summed E-state index contributed by atoms with van der Waals surface area (Å²) in [6.07, 6.45) is 0.984. The number of rotatable bonds is 5. The van der Waals surface area contributed by atoms with E-state index in [0.29, 0.717) is 36.0 Å². The van der Waals surface area contributed by atoms with Crippen molar-refractivity contribution < 1.29 is 13.2 Å². The third-order valence-corrected chi connectivity index (χ3v) is 8.63. The minimum Gasteiger partial charge on any atom is -0.302 e. The van der Waals surface area contributed by atoms with Crippen LogP contribution in [0.1, 0.15) is 28.8 Å². The Balaban J connectivity index is 1.38. The zero-order valence-corrected chi connectivity index (χ0v) is 20.1. The number of thiazole rings is 1. The van der Waals surface area contributed by atoms with Gasteiger partial charge in [-0.3, -0.25) is 4.79 Å². The molecule has 1 amide bonds. The van der Waals surface area contributed by atoms with Gasteiger partial charge in [0.25, 0.3) is 0 Å². The van der Waals surface area contributed by atoms with Gasteiger partial charge in [-0.1, -0.05) is 47.5 Å². The number of amides is 1. The van der Waals surface area contributed by atoms with Crippen molar-refractivity contribution in [2.45, 2.75) is 38.5 Å². The molecule has 0 saturated carbocycles. The first-order chi connectivity index (χ1) is 15.2. The molecule has 1 N–H and O–H groups in total. The molecule has 0 radical (unpaired) electrons. The molecule has 1 aliphatic rings. The highest BCUT2D eigenvalue weighted by Gasteiger charge is 2.32. The van der Waals surface area contributed by atoms with Crippen LogP contribution in [0.4, 0.5) is 5.13 Å². The first-order valence-electron chi connectivity index (χ1n) is 10.7. The summed E-state index contributed by atoms with van der Waals surface area (Å²) in [5, 5.41) is 3.53. The number of hydrogen-bond donors (Lipinski definition) is 1. The molecule has 32 heavy (non-hydrogen) atoms. The summed E-state index contributed by atoms with van der Waals surface area (Å²) in [7, 11) is -3.53. The third kappa shape index (κ3) is 4.77. The van der Waals surface area contributed by atoms with E-state index in [1.807, 2.05) is 45.0 Å². The Kier molecular flexibility index (Phi) is 6.46. The molecule has 2 aromatic carbocycles. The van der Waals surface area contributed by atoms with Crippen molar-refractivity contribution in [3.63, 3.8) is 0 Å². The summed E-state index contributed by atoms with van der Waals surface area (Å²) >= 11 is 1.46.